The maximum Gasteiger partial charge on any atom is 0.272 e. The summed E-state index contributed by atoms with van der Waals surface area (Å²) in [5.41, 5.74) is -2.17. The molecule has 2 N–H and O–H groups in total. The van der Waals surface area contributed by atoms with Gasteiger partial charge in [0.05, 0.1) is 11.4 Å². The molecule has 1 aliphatic rings. The first-order valence-electron chi connectivity index (χ1n) is 8.68. The van der Waals surface area contributed by atoms with E-state index in [0.717, 1.165) is 18.2 Å². The van der Waals surface area contributed by atoms with E-state index in [1.807, 2.05) is 0 Å². The summed E-state index contributed by atoms with van der Waals surface area (Å²) in [5, 5.41) is 8.99. The number of fused-ring (bicyclic) bond motifs is 1. The van der Waals surface area contributed by atoms with E-state index in [0.29, 0.717) is 0 Å². The normalized spacial score (nSPS) is 21.1. The second-order valence-electron chi connectivity index (χ2n) is 6.57. The summed E-state index contributed by atoms with van der Waals surface area (Å²) in [5.74, 6) is -1.30. The predicted octanol–water partition coefficient (Wildman–Crippen LogP) is 3.96. The number of amides is 1. The summed E-state index contributed by atoms with van der Waals surface area (Å²) < 4.78 is 29.6. The molecule has 4 rings (SSSR count). The van der Waals surface area contributed by atoms with E-state index in [4.69, 9.17) is 11.6 Å². The lowest BCUT2D eigenvalue weighted by Gasteiger charge is -2.32. The van der Waals surface area contributed by atoms with Gasteiger partial charge in [-0.05, 0) is 42.0 Å². The van der Waals surface area contributed by atoms with Crippen LogP contribution in [0, 0.1) is 0 Å². The molecule has 2 aromatic carbocycles. The Morgan fingerprint density at radius 2 is 1.93 bits per heavy atom. The lowest BCUT2D eigenvalue weighted by Crippen LogP contribution is -2.47. The van der Waals surface area contributed by atoms with Gasteiger partial charge in [-0.1, -0.05) is 41.9 Å². The van der Waals surface area contributed by atoms with Gasteiger partial charge < -0.3 is 5.32 Å². The maximum absolute atomic E-state index is 15.8. The van der Waals surface area contributed by atoms with E-state index in [-0.39, 0.29) is 27.1 Å². The summed E-state index contributed by atoms with van der Waals surface area (Å²) >= 11 is 6.00. The summed E-state index contributed by atoms with van der Waals surface area (Å²) in [6.45, 7) is 0. The molecule has 5 nitrogen and oxygen atoms in total. The topological polar surface area (TPSA) is 74.8 Å². The van der Waals surface area contributed by atoms with Crippen molar-refractivity contribution in [1.29, 1.82) is 0 Å². The van der Waals surface area contributed by atoms with E-state index in [1.54, 1.807) is 30.3 Å². The van der Waals surface area contributed by atoms with Crippen LogP contribution in [-0.2, 0) is 5.67 Å². The highest BCUT2D eigenvalue weighted by atomic mass is 35.5. The van der Waals surface area contributed by atoms with Crippen molar-refractivity contribution < 1.29 is 13.6 Å². The van der Waals surface area contributed by atoms with Gasteiger partial charge in [0.15, 0.2) is 10.8 Å². The molecule has 8 heteroatoms. The molecule has 1 aliphatic carbocycles. The van der Waals surface area contributed by atoms with E-state index in [1.165, 1.54) is 18.2 Å². The zero-order valence-electron chi connectivity index (χ0n) is 14.8. The molecule has 2 unspecified atom stereocenters. The molecule has 0 saturated heterocycles. The fraction of sp³-hybridized carbons (Fsp3) is 0.0952. The van der Waals surface area contributed by atoms with E-state index < -0.39 is 29.0 Å². The van der Waals surface area contributed by atoms with Gasteiger partial charge in [-0.2, -0.15) is 5.10 Å². The molecule has 2 atom stereocenters. The van der Waals surface area contributed by atoms with Gasteiger partial charge in [0.25, 0.3) is 11.5 Å². The van der Waals surface area contributed by atoms with Crippen LogP contribution in [0.1, 0.15) is 15.9 Å². The lowest BCUT2D eigenvalue weighted by molar-refractivity contribution is 0.0888. The molecule has 0 bridgehead atoms. The fourth-order valence-electron chi connectivity index (χ4n) is 3.26. The molecule has 0 spiro atoms. The first-order valence-corrected chi connectivity index (χ1v) is 9.06. The van der Waals surface area contributed by atoms with Crippen LogP contribution in [0.5, 0.6) is 0 Å². The van der Waals surface area contributed by atoms with Crippen LogP contribution >= 0.6 is 11.6 Å². The van der Waals surface area contributed by atoms with Gasteiger partial charge in [-0.15, -0.1) is 0 Å². The number of H-pyrrole nitrogens is 1. The van der Waals surface area contributed by atoms with Crippen molar-refractivity contribution in [2.75, 3.05) is 0 Å². The Morgan fingerprint density at radius 1 is 1.17 bits per heavy atom. The van der Waals surface area contributed by atoms with Crippen LogP contribution in [-0.4, -0.2) is 22.1 Å². The SMILES string of the molecule is O=C(NC1C=C(F)C=CC1(F)c1ccccc1)c1ccc2c(=O)[nH]nc(Cl)c2c1. The highest BCUT2D eigenvalue weighted by Crippen LogP contribution is 2.36. The molecule has 0 fully saturated rings. The third kappa shape index (κ3) is 3.45. The Kier molecular flexibility index (Phi) is 4.76. The van der Waals surface area contributed by atoms with E-state index in [2.05, 4.69) is 15.5 Å². The number of nitrogens with zero attached hydrogens (tertiary/aromatic N) is 1. The van der Waals surface area contributed by atoms with Crippen LogP contribution in [0.2, 0.25) is 5.15 Å². The maximum atomic E-state index is 15.8. The van der Waals surface area contributed by atoms with Crippen molar-refractivity contribution in [1.82, 2.24) is 15.5 Å². The largest absolute Gasteiger partial charge is 0.342 e. The Hall–Kier alpha value is -3.32. The number of rotatable bonds is 3. The minimum Gasteiger partial charge on any atom is -0.342 e. The van der Waals surface area contributed by atoms with Crippen LogP contribution in [0.4, 0.5) is 8.78 Å². The number of halogens is 3. The second kappa shape index (κ2) is 7.25. The molecule has 0 aliphatic heterocycles. The first kappa shape index (κ1) is 19.0. The number of hydrogen-bond donors (Lipinski definition) is 2. The van der Waals surface area contributed by atoms with Crippen LogP contribution in [0.15, 0.2) is 77.4 Å². The van der Waals surface area contributed by atoms with Crippen molar-refractivity contribution in [2.24, 2.45) is 0 Å². The number of carbonyl (C=O) groups excluding carboxylic acids is 1. The van der Waals surface area contributed by atoms with E-state index in [9.17, 15) is 14.0 Å². The van der Waals surface area contributed by atoms with Crippen LogP contribution in [0.3, 0.4) is 0 Å². The third-order valence-corrected chi connectivity index (χ3v) is 5.06. The van der Waals surface area contributed by atoms with Gasteiger partial charge in [0.2, 0.25) is 0 Å². The van der Waals surface area contributed by atoms with Crippen molar-refractivity contribution in [2.45, 2.75) is 11.7 Å². The monoisotopic (exact) mass is 413 g/mol. The number of nitrogens with one attached hydrogen (secondary N) is 2. The zero-order valence-corrected chi connectivity index (χ0v) is 15.6. The summed E-state index contributed by atoms with van der Waals surface area (Å²) in [6, 6.07) is 11.1. The Bertz CT molecular complexity index is 1220. The van der Waals surface area contributed by atoms with E-state index >= 15 is 4.39 Å². The highest BCUT2D eigenvalue weighted by molar-refractivity contribution is 6.34. The third-order valence-electron chi connectivity index (χ3n) is 4.77. The molecular weight excluding hydrogens is 400 g/mol. The van der Waals surface area contributed by atoms with Crippen molar-refractivity contribution in [3.05, 3.63) is 99.2 Å². The fourth-order valence-corrected chi connectivity index (χ4v) is 3.45. The lowest BCUT2D eigenvalue weighted by atomic mass is 9.84. The van der Waals surface area contributed by atoms with Gasteiger partial charge >= 0.3 is 0 Å². The van der Waals surface area contributed by atoms with Crippen LogP contribution in [0.25, 0.3) is 10.8 Å². The minimum atomic E-state index is -2.13. The number of aromatic nitrogens is 2. The second-order valence-corrected chi connectivity index (χ2v) is 6.93. The molecule has 1 heterocycles. The quantitative estimate of drug-likeness (QED) is 0.682. The first-order chi connectivity index (χ1) is 13.9. The number of hydrogen-bond acceptors (Lipinski definition) is 3. The smallest absolute Gasteiger partial charge is 0.272 e. The Labute approximate surface area is 168 Å². The summed E-state index contributed by atoms with van der Waals surface area (Å²) in [6.07, 6.45) is 3.14. The number of benzene rings is 2. The average molecular weight is 414 g/mol. The average Bonchev–Trinajstić information content (AvgIpc) is 2.74. The predicted molar refractivity (Wildman–Crippen MR) is 106 cm³/mol. The molecule has 29 heavy (non-hydrogen) atoms. The van der Waals surface area contributed by atoms with Gasteiger partial charge in [0, 0.05) is 10.9 Å². The van der Waals surface area contributed by atoms with Gasteiger partial charge in [-0.25, -0.2) is 13.9 Å². The standard InChI is InChI=1S/C21H14ClF2N3O2/c22-18-16-10-12(6-7-15(16)20(29)27-26-18)19(28)25-17-11-14(23)8-9-21(17,24)13-4-2-1-3-5-13/h1-11,17H,(H,25,28)(H,27,29). The number of allylic oxidation sites excluding steroid dienone is 2. The molecule has 0 radical (unpaired) electrons. The highest BCUT2D eigenvalue weighted by Gasteiger charge is 2.40. The van der Waals surface area contributed by atoms with Crippen molar-refractivity contribution >= 4 is 28.3 Å². The molecule has 3 aromatic rings. The molecule has 1 aromatic heterocycles. The molecular formula is C21H14ClF2N3O2. The van der Waals surface area contributed by atoms with Crippen molar-refractivity contribution in [3.8, 4) is 0 Å². The Balaban J connectivity index is 1.69. The zero-order chi connectivity index (χ0) is 20.6. The molecule has 0 saturated carbocycles. The summed E-state index contributed by atoms with van der Waals surface area (Å²) in [4.78, 5) is 24.6. The number of aromatic amines is 1. The molecule has 1 amide bonds. The molecule has 146 valence electrons. The van der Waals surface area contributed by atoms with Gasteiger partial charge in [-0.3, -0.25) is 9.59 Å². The number of alkyl halides is 1. The van der Waals surface area contributed by atoms with Crippen LogP contribution < -0.4 is 10.9 Å². The summed E-state index contributed by atoms with van der Waals surface area (Å²) in [7, 11) is 0. The Morgan fingerprint density at radius 3 is 2.69 bits per heavy atom. The number of carbonyl (C=O) groups is 1. The van der Waals surface area contributed by atoms with Gasteiger partial charge in [0.1, 0.15) is 5.83 Å². The minimum absolute atomic E-state index is 0.0184. The van der Waals surface area contributed by atoms with Crippen molar-refractivity contribution in [3.63, 3.8) is 0 Å².